The quantitative estimate of drug-likeness (QED) is 0.293. The number of amides is 1. The number of hydrogen-bond acceptors (Lipinski definition) is 12. The topological polar surface area (TPSA) is 160 Å². The van der Waals surface area contributed by atoms with E-state index in [-0.39, 0.29) is 27.5 Å². The van der Waals surface area contributed by atoms with Crippen molar-refractivity contribution in [3.63, 3.8) is 0 Å². The Bertz CT molecular complexity index is 1810. The molecule has 0 unspecified atom stereocenters. The lowest BCUT2D eigenvalue weighted by Crippen LogP contribution is -2.48. The molecule has 218 valence electrons. The van der Waals surface area contributed by atoms with E-state index in [9.17, 15) is 18.0 Å². The van der Waals surface area contributed by atoms with Crippen molar-refractivity contribution in [1.82, 2.24) is 29.8 Å². The SMILES string of the molecule is COc1ncc(-c2ccc3ncnc(N4CCN(C(=O)/C=C/C(C)=O)CC4)c3n2)cc1NS(=O)(=O)c1sc(C)nc1C. The van der Waals surface area contributed by atoms with Gasteiger partial charge in [0.15, 0.2) is 15.8 Å². The number of carbonyl (C=O) groups is 2. The average Bonchev–Trinajstić information content (AvgIpc) is 3.33. The Kier molecular flexibility index (Phi) is 8.13. The Hall–Kier alpha value is -4.50. The summed E-state index contributed by atoms with van der Waals surface area (Å²) in [4.78, 5) is 49.5. The van der Waals surface area contributed by atoms with Crippen LogP contribution in [-0.4, -0.2) is 83.2 Å². The van der Waals surface area contributed by atoms with E-state index < -0.39 is 10.0 Å². The van der Waals surface area contributed by atoms with E-state index in [4.69, 9.17) is 9.72 Å². The first kappa shape index (κ1) is 29.0. The van der Waals surface area contributed by atoms with Crippen molar-refractivity contribution in [1.29, 1.82) is 0 Å². The molecule has 0 aromatic carbocycles. The van der Waals surface area contributed by atoms with Crippen LogP contribution in [0.1, 0.15) is 17.6 Å². The fourth-order valence-corrected chi connectivity index (χ4v) is 7.07. The zero-order chi connectivity index (χ0) is 30.0. The van der Waals surface area contributed by atoms with Crippen LogP contribution in [0.2, 0.25) is 0 Å². The lowest BCUT2D eigenvalue weighted by atomic mass is 10.1. The second-order valence-corrected chi connectivity index (χ2v) is 12.6. The van der Waals surface area contributed by atoms with Crippen molar-refractivity contribution in [3.05, 3.63) is 53.6 Å². The third-order valence-electron chi connectivity index (χ3n) is 6.50. The summed E-state index contributed by atoms with van der Waals surface area (Å²) in [5.74, 6) is 0.332. The molecule has 1 saturated heterocycles. The largest absolute Gasteiger partial charge is 0.480 e. The molecule has 4 aromatic rings. The fraction of sp³-hybridized carbons (Fsp3) is 0.296. The van der Waals surface area contributed by atoms with Gasteiger partial charge in [-0.15, -0.1) is 11.3 Å². The van der Waals surface area contributed by atoms with Gasteiger partial charge in [-0.2, -0.15) is 0 Å². The van der Waals surface area contributed by atoms with Crippen LogP contribution in [0.5, 0.6) is 5.88 Å². The van der Waals surface area contributed by atoms with Crippen LogP contribution in [0.3, 0.4) is 0 Å². The number of carbonyl (C=O) groups excluding carboxylic acids is 2. The molecule has 0 saturated carbocycles. The van der Waals surface area contributed by atoms with E-state index in [1.807, 2.05) is 11.0 Å². The van der Waals surface area contributed by atoms with Crippen LogP contribution in [0.15, 0.2) is 47.1 Å². The summed E-state index contributed by atoms with van der Waals surface area (Å²) in [6.07, 6.45) is 5.58. The summed E-state index contributed by atoms with van der Waals surface area (Å²) in [6, 6.07) is 5.20. The fourth-order valence-electron chi connectivity index (χ4n) is 4.53. The summed E-state index contributed by atoms with van der Waals surface area (Å²) in [7, 11) is -2.53. The summed E-state index contributed by atoms with van der Waals surface area (Å²) in [6.45, 7) is 6.74. The molecular formula is C27H28N8O5S2. The maximum absolute atomic E-state index is 13.2. The molecule has 1 fully saturated rings. The lowest BCUT2D eigenvalue weighted by molar-refractivity contribution is -0.126. The maximum atomic E-state index is 13.2. The van der Waals surface area contributed by atoms with Gasteiger partial charge in [0.2, 0.25) is 11.8 Å². The molecular weight excluding hydrogens is 580 g/mol. The second-order valence-electron chi connectivity index (χ2n) is 9.51. The van der Waals surface area contributed by atoms with Gasteiger partial charge in [-0.3, -0.25) is 14.3 Å². The standard InChI is InChI=1S/C27H28N8O5S2/c1-16(36)5-8-23(37)34-9-11-35(12-10-34)25-24-21(29-15-30-25)7-6-20(32-24)19-13-22(26(40-4)28-14-19)33-42(38,39)27-17(2)31-18(3)41-27/h5-8,13-15,33H,9-12H2,1-4H3/b8-5+. The first-order chi connectivity index (χ1) is 20.1. The molecule has 0 radical (unpaired) electrons. The lowest BCUT2D eigenvalue weighted by Gasteiger charge is -2.35. The summed E-state index contributed by atoms with van der Waals surface area (Å²) in [5.41, 5.74) is 2.84. The van der Waals surface area contributed by atoms with E-state index in [2.05, 4.69) is 24.7 Å². The van der Waals surface area contributed by atoms with E-state index in [1.165, 1.54) is 32.5 Å². The molecule has 1 N–H and O–H groups in total. The molecule has 0 bridgehead atoms. The van der Waals surface area contributed by atoms with Gasteiger partial charge in [-0.1, -0.05) is 0 Å². The molecule has 1 aliphatic rings. The van der Waals surface area contributed by atoms with Crippen LogP contribution in [0.4, 0.5) is 11.5 Å². The third kappa shape index (κ3) is 6.06. The molecule has 42 heavy (non-hydrogen) atoms. The number of piperazine rings is 1. The van der Waals surface area contributed by atoms with Crippen molar-refractivity contribution in [2.24, 2.45) is 0 Å². The van der Waals surface area contributed by atoms with Crippen LogP contribution in [-0.2, 0) is 19.6 Å². The van der Waals surface area contributed by atoms with Crippen LogP contribution < -0.4 is 14.4 Å². The molecule has 5 heterocycles. The van der Waals surface area contributed by atoms with Crippen molar-refractivity contribution in [2.45, 2.75) is 25.0 Å². The molecule has 13 nitrogen and oxygen atoms in total. The first-order valence-corrected chi connectivity index (χ1v) is 15.2. The highest BCUT2D eigenvalue weighted by molar-refractivity contribution is 7.94. The number of allylic oxidation sites excluding steroid dienone is 1. The normalized spacial score (nSPS) is 14.0. The summed E-state index contributed by atoms with van der Waals surface area (Å²) < 4.78 is 34.4. The highest BCUT2D eigenvalue weighted by atomic mass is 32.2. The van der Waals surface area contributed by atoms with Gasteiger partial charge in [-0.25, -0.2) is 33.3 Å². The number of pyridine rings is 2. The maximum Gasteiger partial charge on any atom is 0.273 e. The Morgan fingerprint density at radius 2 is 1.81 bits per heavy atom. The van der Waals surface area contributed by atoms with Gasteiger partial charge in [0.05, 0.1) is 29.0 Å². The minimum absolute atomic E-state index is 0.108. The van der Waals surface area contributed by atoms with E-state index in [1.54, 1.807) is 37.1 Å². The number of sulfonamides is 1. The number of anilines is 2. The van der Waals surface area contributed by atoms with E-state index in [0.717, 1.165) is 11.3 Å². The number of ether oxygens (including phenoxy) is 1. The second kappa shape index (κ2) is 11.8. The molecule has 1 amide bonds. The highest BCUT2D eigenvalue weighted by Crippen LogP contribution is 2.33. The minimum atomic E-state index is -3.94. The Labute approximate surface area is 246 Å². The summed E-state index contributed by atoms with van der Waals surface area (Å²) in [5, 5.41) is 0.642. The Balaban J connectivity index is 1.43. The molecule has 4 aromatic heterocycles. The molecule has 0 atom stereocenters. The summed E-state index contributed by atoms with van der Waals surface area (Å²) >= 11 is 1.08. The van der Waals surface area contributed by atoms with E-state index in [0.29, 0.717) is 65.0 Å². The zero-order valence-electron chi connectivity index (χ0n) is 23.4. The molecule has 0 aliphatic carbocycles. The predicted molar refractivity (Wildman–Crippen MR) is 158 cm³/mol. The number of ketones is 1. The molecule has 5 rings (SSSR count). The van der Waals surface area contributed by atoms with Gasteiger partial charge >= 0.3 is 0 Å². The van der Waals surface area contributed by atoms with Gasteiger partial charge in [-0.05, 0) is 45.0 Å². The van der Waals surface area contributed by atoms with Crippen molar-refractivity contribution in [2.75, 3.05) is 42.9 Å². The predicted octanol–water partition coefficient (Wildman–Crippen LogP) is 2.76. The van der Waals surface area contributed by atoms with Crippen molar-refractivity contribution >= 4 is 55.6 Å². The molecule has 15 heteroatoms. The Morgan fingerprint density at radius 3 is 2.48 bits per heavy atom. The Morgan fingerprint density at radius 1 is 1.05 bits per heavy atom. The third-order valence-corrected chi connectivity index (χ3v) is 9.55. The van der Waals surface area contributed by atoms with Crippen molar-refractivity contribution in [3.8, 4) is 17.1 Å². The number of fused-ring (bicyclic) bond motifs is 1. The highest BCUT2D eigenvalue weighted by Gasteiger charge is 2.25. The first-order valence-electron chi connectivity index (χ1n) is 12.9. The van der Waals surface area contributed by atoms with Gasteiger partial charge in [0, 0.05) is 44.0 Å². The van der Waals surface area contributed by atoms with E-state index >= 15 is 0 Å². The minimum Gasteiger partial charge on any atom is -0.480 e. The van der Waals surface area contributed by atoms with Crippen LogP contribution >= 0.6 is 11.3 Å². The van der Waals surface area contributed by atoms with Gasteiger partial charge < -0.3 is 14.5 Å². The number of hydrogen-bond donors (Lipinski definition) is 1. The van der Waals surface area contributed by atoms with Crippen molar-refractivity contribution < 1.29 is 22.7 Å². The van der Waals surface area contributed by atoms with Gasteiger partial charge in [0.1, 0.15) is 17.5 Å². The number of aromatic nitrogens is 5. The smallest absolute Gasteiger partial charge is 0.273 e. The van der Waals surface area contributed by atoms with Gasteiger partial charge in [0.25, 0.3) is 10.0 Å². The number of methoxy groups -OCH3 is 1. The monoisotopic (exact) mass is 608 g/mol. The zero-order valence-corrected chi connectivity index (χ0v) is 25.0. The number of aryl methyl sites for hydroxylation is 2. The van der Waals surface area contributed by atoms with Crippen LogP contribution in [0, 0.1) is 13.8 Å². The average molecular weight is 609 g/mol. The molecule has 0 spiro atoms. The number of nitrogens with one attached hydrogen (secondary N) is 1. The number of rotatable bonds is 8. The number of nitrogens with zero attached hydrogens (tertiary/aromatic N) is 7. The molecule has 1 aliphatic heterocycles. The number of thiazole rings is 1. The van der Waals surface area contributed by atoms with Crippen LogP contribution in [0.25, 0.3) is 22.3 Å².